The van der Waals surface area contributed by atoms with E-state index >= 15 is 0 Å². The Kier molecular flexibility index (Phi) is 6.37. The van der Waals surface area contributed by atoms with Crippen molar-refractivity contribution in [2.75, 3.05) is 0 Å². The van der Waals surface area contributed by atoms with Crippen molar-refractivity contribution in [2.24, 2.45) is 0 Å². The number of nitrogens with zero attached hydrogens (tertiary/aromatic N) is 2. The first-order valence-electron chi connectivity index (χ1n) is 12.9. The maximum absolute atomic E-state index is 4.79. The van der Waals surface area contributed by atoms with E-state index in [0.717, 1.165) is 33.6 Å². The summed E-state index contributed by atoms with van der Waals surface area (Å²) in [5.74, 6) is 0. The Morgan fingerprint density at radius 3 is 1.18 bits per heavy atom. The number of aryl methyl sites for hydroxylation is 2. The Labute approximate surface area is 224 Å². The van der Waals surface area contributed by atoms with Crippen molar-refractivity contribution in [3.8, 4) is 55.9 Å². The van der Waals surface area contributed by atoms with Crippen molar-refractivity contribution in [1.82, 2.24) is 9.97 Å². The summed E-state index contributed by atoms with van der Waals surface area (Å²) in [6.07, 6.45) is 3.87. The first-order chi connectivity index (χ1) is 18.7. The molecule has 2 aromatic heterocycles. The van der Waals surface area contributed by atoms with Gasteiger partial charge in [0.25, 0.3) is 0 Å². The lowest BCUT2D eigenvalue weighted by Gasteiger charge is -2.10. The van der Waals surface area contributed by atoms with Gasteiger partial charge in [-0.1, -0.05) is 97.1 Å². The summed E-state index contributed by atoms with van der Waals surface area (Å²) in [7, 11) is 0. The predicted molar refractivity (Wildman–Crippen MR) is 159 cm³/mol. The van der Waals surface area contributed by atoms with Crippen LogP contribution < -0.4 is 0 Å². The molecular weight excluding hydrogens is 460 g/mol. The lowest BCUT2D eigenvalue weighted by Crippen LogP contribution is -1.89. The van der Waals surface area contributed by atoms with Crippen LogP contribution in [0.3, 0.4) is 0 Å². The molecule has 6 aromatic rings. The molecule has 0 saturated heterocycles. The number of hydrogen-bond acceptors (Lipinski definition) is 2. The van der Waals surface area contributed by atoms with E-state index in [1.807, 2.05) is 12.4 Å². The van der Waals surface area contributed by atoms with Gasteiger partial charge in [0.05, 0.1) is 11.4 Å². The van der Waals surface area contributed by atoms with Crippen LogP contribution in [0.4, 0.5) is 0 Å². The van der Waals surface area contributed by atoms with E-state index in [4.69, 9.17) is 9.97 Å². The molecule has 0 aliphatic heterocycles. The molecular formula is C36H28N2. The predicted octanol–water partition coefficient (Wildman–Crippen LogP) is 9.43. The number of aromatic nitrogens is 2. The number of pyridine rings is 2. The molecule has 0 fully saturated rings. The van der Waals surface area contributed by atoms with Gasteiger partial charge >= 0.3 is 0 Å². The van der Waals surface area contributed by atoms with Crippen LogP contribution in [0.1, 0.15) is 11.1 Å². The van der Waals surface area contributed by atoms with Crippen LogP contribution in [-0.2, 0) is 0 Å². The summed E-state index contributed by atoms with van der Waals surface area (Å²) in [6, 6.07) is 42.6. The van der Waals surface area contributed by atoms with Gasteiger partial charge in [0.1, 0.15) is 0 Å². The zero-order valence-corrected chi connectivity index (χ0v) is 21.6. The molecule has 0 radical (unpaired) electrons. The molecule has 0 atom stereocenters. The van der Waals surface area contributed by atoms with Gasteiger partial charge in [-0.3, -0.25) is 9.97 Å². The number of rotatable bonds is 5. The molecule has 4 aromatic carbocycles. The van der Waals surface area contributed by atoms with Crippen molar-refractivity contribution < 1.29 is 0 Å². The first-order valence-corrected chi connectivity index (χ1v) is 12.9. The summed E-state index contributed by atoms with van der Waals surface area (Å²) < 4.78 is 0. The molecule has 0 unspecified atom stereocenters. The zero-order valence-electron chi connectivity index (χ0n) is 21.6. The summed E-state index contributed by atoms with van der Waals surface area (Å²) in [4.78, 5) is 9.58. The fourth-order valence-electron chi connectivity index (χ4n) is 4.96. The van der Waals surface area contributed by atoms with E-state index in [2.05, 4.69) is 135 Å². The highest BCUT2D eigenvalue weighted by Gasteiger charge is 2.08. The number of benzene rings is 4. The highest BCUT2D eigenvalue weighted by Crippen LogP contribution is 2.30. The quantitative estimate of drug-likeness (QED) is 0.241. The summed E-state index contributed by atoms with van der Waals surface area (Å²) >= 11 is 0. The van der Waals surface area contributed by atoms with Gasteiger partial charge in [-0.2, -0.15) is 0 Å². The van der Waals surface area contributed by atoms with Gasteiger partial charge in [-0.05, 0) is 71.5 Å². The minimum absolute atomic E-state index is 0.960. The van der Waals surface area contributed by atoms with Crippen molar-refractivity contribution in [3.63, 3.8) is 0 Å². The highest BCUT2D eigenvalue weighted by atomic mass is 14.7. The van der Waals surface area contributed by atoms with Gasteiger partial charge in [0.15, 0.2) is 0 Å². The molecule has 182 valence electrons. The van der Waals surface area contributed by atoms with Crippen LogP contribution in [0.25, 0.3) is 55.9 Å². The Hall–Kier alpha value is -4.82. The van der Waals surface area contributed by atoms with Crippen molar-refractivity contribution in [3.05, 3.63) is 145 Å². The van der Waals surface area contributed by atoms with Crippen molar-refractivity contribution in [2.45, 2.75) is 13.8 Å². The minimum Gasteiger partial charge on any atom is -0.256 e. The average Bonchev–Trinajstić information content (AvgIpc) is 2.98. The van der Waals surface area contributed by atoms with E-state index in [-0.39, 0.29) is 0 Å². The summed E-state index contributed by atoms with van der Waals surface area (Å²) in [5.41, 5.74) is 13.7. The average molecular weight is 489 g/mol. The molecule has 6 rings (SSSR count). The second kappa shape index (κ2) is 10.3. The fourth-order valence-corrected chi connectivity index (χ4v) is 4.96. The molecule has 0 bridgehead atoms. The summed E-state index contributed by atoms with van der Waals surface area (Å²) in [6.45, 7) is 4.30. The number of hydrogen-bond donors (Lipinski definition) is 0. The molecule has 0 amide bonds. The van der Waals surface area contributed by atoms with Crippen LogP contribution in [0.2, 0.25) is 0 Å². The molecule has 2 heterocycles. The van der Waals surface area contributed by atoms with E-state index in [1.165, 1.54) is 33.4 Å². The van der Waals surface area contributed by atoms with Crippen LogP contribution in [-0.4, -0.2) is 9.97 Å². The second-order valence-corrected chi connectivity index (χ2v) is 9.66. The Bertz CT molecular complexity index is 1580. The lowest BCUT2D eigenvalue weighted by molar-refractivity contribution is 1.30. The van der Waals surface area contributed by atoms with Gasteiger partial charge in [-0.25, -0.2) is 0 Å². The highest BCUT2D eigenvalue weighted by molar-refractivity contribution is 5.76. The van der Waals surface area contributed by atoms with E-state index in [1.54, 1.807) is 0 Å². The minimum atomic E-state index is 0.960. The van der Waals surface area contributed by atoms with Crippen LogP contribution in [0.5, 0.6) is 0 Å². The van der Waals surface area contributed by atoms with E-state index in [9.17, 15) is 0 Å². The fraction of sp³-hybridized carbons (Fsp3) is 0.0556. The first kappa shape index (κ1) is 23.6. The normalized spacial score (nSPS) is 10.9. The van der Waals surface area contributed by atoms with Gasteiger partial charge in [-0.15, -0.1) is 0 Å². The van der Waals surface area contributed by atoms with Crippen LogP contribution in [0, 0.1) is 13.8 Å². The van der Waals surface area contributed by atoms with Crippen LogP contribution >= 0.6 is 0 Å². The molecule has 0 spiro atoms. The standard InChI is InChI=1S/C36H28N2/c1-25-9-3-5-15-33(25)27-11-7-13-29(21-27)35-19-17-31(23-37-35)32-18-20-36(38-24-32)30-14-8-12-28(22-30)34-16-6-4-10-26(34)2/h3-24H,1-2H3. The Balaban J connectivity index is 1.24. The third-order valence-electron chi connectivity index (χ3n) is 7.09. The molecule has 0 saturated carbocycles. The zero-order chi connectivity index (χ0) is 25.9. The maximum atomic E-state index is 4.79. The van der Waals surface area contributed by atoms with Gasteiger partial charge in [0.2, 0.25) is 0 Å². The molecule has 0 aliphatic rings. The summed E-state index contributed by atoms with van der Waals surface area (Å²) in [5, 5.41) is 0. The molecule has 38 heavy (non-hydrogen) atoms. The lowest BCUT2D eigenvalue weighted by atomic mass is 9.97. The van der Waals surface area contributed by atoms with Gasteiger partial charge in [0, 0.05) is 34.6 Å². The Morgan fingerprint density at radius 2 is 0.789 bits per heavy atom. The third kappa shape index (κ3) is 4.77. The monoisotopic (exact) mass is 488 g/mol. The Morgan fingerprint density at radius 1 is 0.368 bits per heavy atom. The SMILES string of the molecule is Cc1ccccc1-c1cccc(-c2ccc(-c3ccc(-c4cccc(-c5ccccc5C)c4)nc3)cn2)c1. The van der Waals surface area contributed by atoms with Crippen molar-refractivity contribution in [1.29, 1.82) is 0 Å². The topological polar surface area (TPSA) is 25.8 Å². The molecule has 0 N–H and O–H groups in total. The van der Waals surface area contributed by atoms with Crippen molar-refractivity contribution >= 4 is 0 Å². The molecule has 0 aliphatic carbocycles. The molecule has 2 heteroatoms. The second-order valence-electron chi connectivity index (χ2n) is 9.66. The largest absolute Gasteiger partial charge is 0.256 e. The van der Waals surface area contributed by atoms with E-state index < -0.39 is 0 Å². The third-order valence-corrected chi connectivity index (χ3v) is 7.09. The smallest absolute Gasteiger partial charge is 0.0702 e. The van der Waals surface area contributed by atoms with E-state index in [0.29, 0.717) is 0 Å². The molecule has 2 nitrogen and oxygen atoms in total. The maximum Gasteiger partial charge on any atom is 0.0702 e. The van der Waals surface area contributed by atoms with Crippen LogP contribution in [0.15, 0.2) is 134 Å². The van der Waals surface area contributed by atoms with Gasteiger partial charge < -0.3 is 0 Å².